The zero-order valence-corrected chi connectivity index (χ0v) is 11.0. The summed E-state index contributed by atoms with van der Waals surface area (Å²) in [7, 11) is 1.95. The average Bonchev–Trinajstić information content (AvgIpc) is 2.80. The van der Waals surface area contributed by atoms with Crippen LogP contribution >= 0.6 is 11.3 Å². The van der Waals surface area contributed by atoms with Crippen LogP contribution in [0, 0.1) is 20.8 Å². The van der Waals surface area contributed by atoms with Gasteiger partial charge in [-0.2, -0.15) is 10.2 Å². The van der Waals surface area contributed by atoms with Gasteiger partial charge < -0.3 is 0 Å². The van der Waals surface area contributed by atoms with Crippen molar-refractivity contribution in [3.8, 4) is 11.3 Å². The molecular formula is C11H13N5S. The first-order valence-corrected chi connectivity index (χ1v) is 6.21. The van der Waals surface area contributed by atoms with Gasteiger partial charge >= 0.3 is 0 Å². The van der Waals surface area contributed by atoms with E-state index in [-0.39, 0.29) is 0 Å². The lowest BCUT2D eigenvalue weighted by Crippen LogP contribution is -1.92. The number of nitrogens with zero attached hydrogens (tertiary/aromatic N) is 5. The highest BCUT2D eigenvalue weighted by atomic mass is 32.1. The summed E-state index contributed by atoms with van der Waals surface area (Å²) in [5.41, 5.74) is 4.20. The van der Waals surface area contributed by atoms with Crippen LogP contribution in [0.15, 0.2) is 6.20 Å². The molecule has 3 rings (SSSR count). The predicted octanol–water partition coefficient (Wildman–Crippen LogP) is 2.12. The monoisotopic (exact) mass is 247 g/mol. The number of aromatic nitrogens is 5. The number of hydrogen-bond acceptors (Lipinski definition) is 4. The zero-order valence-electron chi connectivity index (χ0n) is 10.2. The van der Waals surface area contributed by atoms with Gasteiger partial charge in [0.2, 0.25) is 4.96 Å². The van der Waals surface area contributed by atoms with Gasteiger partial charge in [0.15, 0.2) is 0 Å². The van der Waals surface area contributed by atoms with E-state index in [2.05, 4.69) is 22.1 Å². The number of fused-ring (bicyclic) bond motifs is 1. The summed E-state index contributed by atoms with van der Waals surface area (Å²) in [6.45, 7) is 6.05. The molecule has 0 spiro atoms. The van der Waals surface area contributed by atoms with E-state index in [0.717, 1.165) is 32.6 Å². The third-order valence-electron chi connectivity index (χ3n) is 2.91. The second-order valence-electron chi connectivity index (χ2n) is 4.14. The average molecular weight is 247 g/mol. The minimum Gasteiger partial charge on any atom is -0.272 e. The van der Waals surface area contributed by atoms with Crippen LogP contribution in [0.5, 0.6) is 0 Å². The van der Waals surface area contributed by atoms with Gasteiger partial charge in [0.25, 0.3) is 0 Å². The van der Waals surface area contributed by atoms with E-state index in [1.54, 1.807) is 11.3 Å². The summed E-state index contributed by atoms with van der Waals surface area (Å²) >= 11 is 1.60. The molecule has 0 amide bonds. The summed E-state index contributed by atoms with van der Waals surface area (Å²) in [5, 5.41) is 9.81. The second kappa shape index (κ2) is 3.40. The summed E-state index contributed by atoms with van der Waals surface area (Å²) in [6.07, 6.45) is 1.97. The van der Waals surface area contributed by atoms with Crippen molar-refractivity contribution in [1.82, 2.24) is 24.4 Å². The Morgan fingerprint density at radius 3 is 2.53 bits per heavy atom. The molecule has 0 aliphatic rings. The van der Waals surface area contributed by atoms with Crippen LogP contribution < -0.4 is 0 Å². The molecule has 6 heteroatoms. The van der Waals surface area contributed by atoms with Crippen molar-refractivity contribution in [3.63, 3.8) is 0 Å². The van der Waals surface area contributed by atoms with Crippen LogP contribution in [0.1, 0.15) is 16.4 Å². The molecule has 0 radical (unpaired) electrons. The SMILES string of the molecule is Cc1nn2cc(-c3c(C)nn(C)c3C)nc2s1. The Hall–Kier alpha value is -1.69. The van der Waals surface area contributed by atoms with Gasteiger partial charge in [-0.25, -0.2) is 9.50 Å². The third-order valence-corrected chi connectivity index (χ3v) is 3.75. The molecule has 0 fully saturated rings. The summed E-state index contributed by atoms with van der Waals surface area (Å²) in [4.78, 5) is 5.54. The first kappa shape index (κ1) is 10.5. The molecule has 0 N–H and O–H groups in total. The maximum Gasteiger partial charge on any atom is 0.212 e. The van der Waals surface area contributed by atoms with Gasteiger partial charge in [-0.1, -0.05) is 11.3 Å². The highest BCUT2D eigenvalue weighted by Gasteiger charge is 2.15. The van der Waals surface area contributed by atoms with Crippen LogP contribution in [0.25, 0.3) is 16.2 Å². The molecule has 5 nitrogen and oxygen atoms in total. The fourth-order valence-electron chi connectivity index (χ4n) is 2.06. The molecule has 0 saturated carbocycles. The van der Waals surface area contributed by atoms with Gasteiger partial charge in [-0.3, -0.25) is 4.68 Å². The lowest BCUT2D eigenvalue weighted by Gasteiger charge is -1.96. The third kappa shape index (κ3) is 1.48. The molecule has 0 aromatic carbocycles. The second-order valence-corrected chi connectivity index (χ2v) is 5.30. The normalized spacial score (nSPS) is 11.5. The maximum absolute atomic E-state index is 4.60. The lowest BCUT2D eigenvalue weighted by atomic mass is 10.1. The highest BCUT2D eigenvalue weighted by molar-refractivity contribution is 7.16. The van der Waals surface area contributed by atoms with E-state index in [9.17, 15) is 0 Å². The molecule has 0 aliphatic heterocycles. The topological polar surface area (TPSA) is 48.0 Å². The van der Waals surface area contributed by atoms with Crippen LogP contribution in [0.4, 0.5) is 0 Å². The van der Waals surface area contributed by atoms with Crippen molar-refractivity contribution < 1.29 is 0 Å². The van der Waals surface area contributed by atoms with Gasteiger partial charge in [0.05, 0.1) is 17.6 Å². The Labute approximate surface area is 103 Å². The van der Waals surface area contributed by atoms with Crippen LogP contribution in [-0.2, 0) is 7.05 Å². The van der Waals surface area contributed by atoms with Crippen LogP contribution in [0.3, 0.4) is 0 Å². The predicted molar refractivity (Wildman–Crippen MR) is 67.3 cm³/mol. The molecule has 17 heavy (non-hydrogen) atoms. The standard InChI is InChI=1S/C11H13N5S/c1-6-10(7(2)15(4)13-6)9-5-16-11(12-9)17-8(3)14-16/h5H,1-4H3. The molecule has 3 aromatic rings. The largest absolute Gasteiger partial charge is 0.272 e. The number of rotatable bonds is 1. The Balaban J connectivity index is 2.23. The molecule has 0 atom stereocenters. The summed E-state index contributed by atoms with van der Waals surface area (Å²) in [6, 6.07) is 0. The minimum atomic E-state index is 0.931. The van der Waals surface area contributed by atoms with E-state index in [4.69, 9.17) is 0 Å². The van der Waals surface area contributed by atoms with Gasteiger partial charge in [0, 0.05) is 18.3 Å². The highest BCUT2D eigenvalue weighted by Crippen LogP contribution is 2.27. The molecule has 88 valence electrons. The van der Waals surface area contributed by atoms with Gasteiger partial charge in [0.1, 0.15) is 5.01 Å². The zero-order chi connectivity index (χ0) is 12.2. The first-order chi connectivity index (χ1) is 8.06. The van der Waals surface area contributed by atoms with E-state index >= 15 is 0 Å². The Kier molecular flexibility index (Phi) is 2.09. The quantitative estimate of drug-likeness (QED) is 0.661. The Morgan fingerprint density at radius 2 is 1.94 bits per heavy atom. The molecule has 0 unspecified atom stereocenters. The fourth-order valence-corrected chi connectivity index (χ4v) is 2.79. The van der Waals surface area contributed by atoms with Crippen LogP contribution in [0.2, 0.25) is 0 Å². The smallest absolute Gasteiger partial charge is 0.212 e. The van der Waals surface area contributed by atoms with Crippen molar-refractivity contribution in [3.05, 3.63) is 22.6 Å². The van der Waals surface area contributed by atoms with Crippen molar-refractivity contribution in [2.75, 3.05) is 0 Å². The molecule has 3 aromatic heterocycles. The molecular weight excluding hydrogens is 234 g/mol. The van der Waals surface area contributed by atoms with Crippen molar-refractivity contribution in [1.29, 1.82) is 0 Å². The molecule has 0 bridgehead atoms. The Morgan fingerprint density at radius 1 is 1.18 bits per heavy atom. The van der Waals surface area contributed by atoms with Crippen molar-refractivity contribution in [2.45, 2.75) is 20.8 Å². The number of hydrogen-bond donors (Lipinski definition) is 0. The molecule has 0 saturated heterocycles. The number of aryl methyl sites for hydroxylation is 3. The summed E-state index contributed by atoms with van der Waals surface area (Å²) < 4.78 is 3.72. The van der Waals surface area contributed by atoms with Crippen molar-refractivity contribution in [2.24, 2.45) is 7.05 Å². The first-order valence-electron chi connectivity index (χ1n) is 5.39. The fraction of sp³-hybridized carbons (Fsp3) is 0.364. The number of imidazole rings is 1. The Bertz CT molecular complexity index is 671. The van der Waals surface area contributed by atoms with E-state index < -0.39 is 0 Å². The summed E-state index contributed by atoms with van der Waals surface area (Å²) in [5.74, 6) is 0. The van der Waals surface area contributed by atoms with E-state index in [1.165, 1.54) is 0 Å². The van der Waals surface area contributed by atoms with Gasteiger partial charge in [-0.05, 0) is 20.8 Å². The maximum atomic E-state index is 4.60. The van der Waals surface area contributed by atoms with Crippen LogP contribution in [-0.4, -0.2) is 24.4 Å². The lowest BCUT2D eigenvalue weighted by molar-refractivity contribution is 0.731. The molecule has 0 aliphatic carbocycles. The molecule has 3 heterocycles. The van der Waals surface area contributed by atoms with E-state index in [1.807, 2.05) is 36.3 Å². The minimum absolute atomic E-state index is 0.931. The van der Waals surface area contributed by atoms with Gasteiger partial charge in [-0.15, -0.1) is 0 Å². The van der Waals surface area contributed by atoms with E-state index in [0.29, 0.717) is 0 Å². The van der Waals surface area contributed by atoms with Crippen molar-refractivity contribution >= 4 is 16.3 Å².